The molecule has 2 N–H and O–H groups in total. The quantitative estimate of drug-likeness (QED) is 0.504. The molecule has 0 spiro atoms. The molecule has 0 aliphatic heterocycles. The van der Waals surface area contributed by atoms with Crippen molar-refractivity contribution in [1.82, 2.24) is 0 Å². The van der Waals surface area contributed by atoms with Crippen LogP contribution in [0.4, 0.5) is 28.9 Å². The minimum atomic E-state index is -4.65. The van der Waals surface area contributed by atoms with Crippen molar-refractivity contribution in [3.63, 3.8) is 0 Å². The average molecular weight is 468 g/mol. The molecule has 0 heterocycles. The highest BCUT2D eigenvalue weighted by Crippen LogP contribution is 2.32. The lowest BCUT2D eigenvalue weighted by Gasteiger charge is -2.14. The summed E-state index contributed by atoms with van der Waals surface area (Å²) in [4.78, 5) is 12.0. The molecule has 0 saturated carbocycles. The molecule has 0 aliphatic carbocycles. The first-order valence-corrected chi connectivity index (χ1v) is 10.4. The summed E-state index contributed by atoms with van der Waals surface area (Å²) in [5.74, 6) is -1.53. The van der Waals surface area contributed by atoms with Crippen molar-refractivity contribution >= 4 is 27.3 Å². The van der Waals surface area contributed by atoms with Gasteiger partial charge in [0.05, 0.1) is 28.8 Å². The van der Waals surface area contributed by atoms with Gasteiger partial charge in [0.2, 0.25) is 0 Å². The Bertz CT molecular complexity index is 1260. The summed E-state index contributed by atoms with van der Waals surface area (Å²) >= 11 is 0. The summed E-state index contributed by atoms with van der Waals surface area (Å²) in [6, 6.07) is 12.3. The Hall–Kier alpha value is -3.60. The molecular formula is C21H16F4N2O4S. The molecule has 0 aliphatic rings. The minimum Gasteiger partial charge on any atom is -0.495 e. The molecule has 0 radical (unpaired) electrons. The molecule has 32 heavy (non-hydrogen) atoms. The Morgan fingerprint density at radius 3 is 2.34 bits per heavy atom. The van der Waals surface area contributed by atoms with E-state index in [4.69, 9.17) is 4.74 Å². The predicted octanol–water partition coefficient (Wildman–Crippen LogP) is 4.91. The zero-order chi connectivity index (χ0) is 23.5. The first-order chi connectivity index (χ1) is 15.0. The fraction of sp³-hybridized carbons (Fsp3) is 0.0952. The van der Waals surface area contributed by atoms with E-state index in [0.717, 1.165) is 36.4 Å². The monoisotopic (exact) mass is 468 g/mol. The zero-order valence-corrected chi connectivity index (χ0v) is 17.2. The standard InChI is InChI=1S/C21H16F4N2O4S/c1-31-19-10-9-15(12-18(19)26-20(28)16-7-2-3-8-17(16)22)32(29,30)27-14-6-4-5-13(11-14)21(23,24)25/h2-12,27H,1H3,(H,26,28). The number of amides is 1. The molecule has 0 aromatic heterocycles. The zero-order valence-electron chi connectivity index (χ0n) is 16.4. The Kier molecular flexibility index (Phi) is 6.40. The number of sulfonamides is 1. The van der Waals surface area contributed by atoms with E-state index in [1.54, 1.807) is 0 Å². The van der Waals surface area contributed by atoms with Gasteiger partial charge < -0.3 is 10.1 Å². The van der Waals surface area contributed by atoms with Gasteiger partial charge in [0, 0.05) is 5.69 Å². The van der Waals surface area contributed by atoms with Crippen molar-refractivity contribution in [3.8, 4) is 5.75 Å². The number of carbonyl (C=O) groups excluding carboxylic acids is 1. The molecule has 0 atom stereocenters. The predicted molar refractivity (Wildman–Crippen MR) is 110 cm³/mol. The average Bonchev–Trinajstić information content (AvgIpc) is 2.73. The molecule has 3 aromatic carbocycles. The second kappa shape index (κ2) is 8.87. The lowest BCUT2D eigenvalue weighted by molar-refractivity contribution is -0.137. The SMILES string of the molecule is COc1ccc(S(=O)(=O)Nc2cccc(C(F)(F)F)c2)cc1NC(=O)c1ccccc1F. The maximum Gasteiger partial charge on any atom is 0.416 e. The third-order valence-corrected chi connectivity index (χ3v) is 5.67. The highest BCUT2D eigenvalue weighted by atomic mass is 32.2. The molecule has 0 saturated heterocycles. The van der Waals surface area contributed by atoms with Gasteiger partial charge in [-0.05, 0) is 48.5 Å². The van der Waals surface area contributed by atoms with Crippen LogP contribution in [0.5, 0.6) is 5.75 Å². The lowest BCUT2D eigenvalue weighted by Crippen LogP contribution is -2.17. The largest absolute Gasteiger partial charge is 0.495 e. The highest BCUT2D eigenvalue weighted by molar-refractivity contribution is 7.92. The molecule has 168 valence electrons. The van der Waals surface area contributed by atoms with Gasteiger partial charge in [-0.1, -0.05) is 18.2 Å². The van der Waals surface area contributed by atoms with Crippen molar-refractivity contribution in [2.24, 2.45) is 0 Å². The van der Waals surface area contributed by atoms with Crippen molar-refractivity contribution in [2.45, 2.75) is 11.1 Å². The van der Waals surface area contributed by atoms with E-state index in [1.807, 2.05) is 0 Å². The second-order valence-electron chi connectivity index (χ2n) is 6.48. The van der Waals surface area contributed by atoms with E-state index in [0.29, 0.717) is 6.07 Å². The van der Waals surface area contributed by atoms with E-state index in [9.17, 15) is 30.8 Å². The molecule has 0 unspecified atom stereocenters. The van der Waals surface area contributed by atoms with Crippen LogP contribution in [0.2, 0.25) is 0 Å². The molecule has 6 nitrogen and oxygen atoms in total. The Morgan fingerprint density at radius 1 is 0.969 bits per heavy atom. The normalized spacial score (nSPS) is 11.7. The number of hydrogen-bond donors (Lipinski definition) is 2. The highest BCUT2D eigenvalue weighted by Gasteiger charge is 2.31. The summed E-state index contributed by atoms with van der Waals surface area (Å²) in [5.41, 5.74) is -1.67. The van der Waals surface area contributed by atoms with Crippen LogP contribution in [0.15, 0.2) is 71.6 Å². The first kappa shape index (κ1) is 23.1. The molecule has 0 bridgehead atoms. The van der Waals surface area contributed by atoms with E-state index >= 15 is 0 Å². The summed E-state index contributed by atoms with van der Waals surface area (Å²) in [6.45, 7) is 0. The smallest absolute Gasteiger partial charge is 0.416 e. The summed E-state index contributed by atoms with van der Waals surface area (Å²) in [7, 11) is -3.05. The number of rotatable bonds is 6. The van der Waals surface area contributed by atoms with Gasteiger partial charge in [-0.3, -0.25) is 9.52 Å². The number of halogens is 4. The number of methoxy groups -OCH3 is 1. The van der Waals surface area contributed by atoms with Crippen LogP contribution in [0.3, 0.4) is 0 Å². The summed E-state index contributed by atoms with van der Waals surface area (Å²) in [5, 5.41) is 2.38. The van der Waals surface area contributed by atoms with Gasteiger partial charge in [0.15, 0.2) is 0 Å². The molecule has 11 heteroatoms. The van der Waals surface area contributed by atoms with Crippen molar-refractivity contribution in [1.29, 1.82) is 0 Å². The molecule has 0 fully saturated rings. The number of alkyl halides is 3. The molecule has 3 aromatic rings. The number of benzene rings is 3. The van der Waals surface area contributed by atoms with Gasteiger partial charge in [-0.2, -0.15) is 13.2 Å². The third-order valence-electron chi connectivity index (χ3n) is 4.29. The third kappa shape index (κ3) is 5.17. The summed E-state index contributed by atoms with van der Waals surface area (Å²) in [6.07, 6.45) is -4.65. The fourth-order valence-corrected chi connectivity index (χ4v) is 3.84. The van der Waals surface area contributed by atoms with Crippen molar-refractivity contribution < 1.29 is 35.5 Å². The van der Waals surface area contributed by atoms with Crippen molar-refractivity contribution in [2.75, 3.05) is 17.1 Å². The Morgan fingerprint density at radius 2 is 1.69 bits per heavy atom. The van der Waals surface area contributed by atoms with Crippen LogP contribution in [-0.4, -0.2) is 21.4 Å². The maximum absolute atomic E-state index is 13.9. The maximum atomic E-state index is 13.9. The van der Waals surface area contributed by atoms with Gasteiger partial charge in [0.1, 0.15) is 11.6 Å². The number of carbonyl (C=O) groups is 1. The van der Waals surface area contributed by atoms with E-state index in [1.165, 1.54) is 31.4 Å². The van der Waals surface area contributed by atoms with Gasteiger partial charge in [0.25, 0.3) is 15.9 Å². The topological polar surface area (TPSA) is 84.5 Å². The van der Waals surface area contributed by atoms with Crippen LogP contribution in [-0.2, 0) is 16.2 Å². The minimum absolute atomic E-state index is 0.0762. The van der Waals surface area contributed by atoms with E-state index in [2.05, 4.69) is 10.0 Å². The van der Waals surface area contributed by atoms with Crippen LogP contribution >= 0.6 is 0 Å². The molecule has 1 amide bonds. The van der Waals surface area contributed by atoms with Gasteiger partial charge in [-0.15, -0.1) is 0 Å². The van der Waals surface area contributed by atoms with Crippen molar-refractivity contribution in [3.05, 3.63) is 83.7 Å². The number of nitrogens with one attached hydrogen (secondary N) is 2. The molecular weight excluding hydrogens is 452 g/mol. The number of anilines is 2. The van der Waals surface area contributed by atoms with Crippen LogP contribution in [0.1, 0.15) is 15.9 Å². The summed E-state index contributed by atoms with van der Waals surface area (Å²) < 4.78 is 85.2. The number of ether oxygens (including phenoxy) is 1. The van der Waals surface area contributed by atoms with Crippen LogP contribution < -0.4 is 14.8 Å². The molecule has 3 rings (SSSR count). The van der Waals surface area contributed by atoms with Crippen LogP contribution in [0, 0.1) is 5.82 Å². The Labute approximate surface area is 180 Å². The lowest BCUT2D eigenvalue weighted by atomic mass is 10.2. The first-order valence-electron chi connectivity index (χ1n) is 8.95. The second-order valence-corrected chi connectivity index (χ2v) is 8.16. The Balaban J connectivity index is 1.91. The van der Waals surface area contributed by atoms with Gasteiger partial charge >= 0.3 is 6.18 Å². The van der Waals surface area contributed by atoms with E-state index in [-0.39, 0.29) is 27.6 Å². The fourth-order valence-electron chi connectivity index (χ4n) is 2.76. The number of hydrogen-bond acceptors (Lipinski definition) is 4. The van der Waals surface area contributed by atoms with E-state index < -0.39 is 33.5 Å². The van der Waals surface area contributed by atoms with Gasteiger partial charge in [-0.25, -0.2) is 12.8 Å². The van der Waals surface area contributed by atoms with Crippen LogP contribution in [0.25, 0.3) is 0 Å².